The predicted octanol–water partition coefficient (Wildman–Crippen LogP) is 4.18. The maximum atomic E-state index is 5.81. The van der Waals surface area contributed by atoms with Gasteiger partial charge in [-0.3, -0.25) is 0 Å². The van der Waals surface area contributed by atoms with Crippen LogP contribution in [0.15, 0.2) is 30.3 Å². The summed E-state index contributed by atoms with van der Waals surface area (Å²) in [5, 5.41) is 0. The van der Waals surface area contributed by atoms with Gasteiger partial charge in [-0.25, -0.2) is 0 Å². The zero-order valence-corrected chi connectivity index (χ0v) is 13.3. The first kappa shape index (κ1) is 15.4. The average molecular weight is 266 g/mol. The lowest BCUT2D eigenvalue weighted by Gasteiger charge is -2.31. The molecule has 2 nitrogen and oxygen atoms in total. The van der Waals surface area contributed by atoms with Crippen LogP contribution < -0.4 is 0 Å². The van der Waals surface area contributed by atoms with Crippen molar-refractivity contribution in [2.45, 2.75) is 38.8 Å². The molecule has 0 amide bonds. The highest BCUT2D eigenvalue weighted by Gasteiger charge is 2.38. The van der Waals surface area contributed by atoms with Crippen LogP contribution in [0.2, 0.25) is 12.1 Å². The molecule has 18 heavy (non-hydrogen) atoms. The lowest BCUT2D eigenvalue weighted by Crippen LogP contribution is -2.42. The summed E-state index contributed by atoms with van der Waals surface area (Å²) in [4.78, 5) is 0. The van der Waals surface area contributed by atoms with Crippen LogP contribution in [-0.4, -0.2) is 22.8 Å². The van der Waals surface area contributed by atoms with E-state index >= 15 is 0 Å². The van der Waals surface area contributed by atoms with Gasteiger partial charge >= 0.3 is 8.56 Å². The van der Waals surface area contributed by atoms with Gasteiger partial charge in [0.25, 0.3) is 0 Å². The van der Waals surface area contributed by atoms with Crippen LogP contribution in [-0.2, 0) is 8.85 Å². The molecule has 0 radical (unpaired) electrons. The Morgan fingerprint density at radius 3 is 1.94 bits per heavy atom. The second-order valence-electron chi connectivity index (χ2n) is 5.43. The molecule has 0 aliphatic heterocycles. The summed E-state index contributed by atoms with van der Waals surface area (Å²) in [6, 6.07) is 12.7. The molecule has 0 spiro atoms. The zero-order valence-electron chi connectivity index (χ0n) is 12.3. The molecule has 0 fully saturated rings. The quantitative estimate of drug-likeness (QED) is 0.689. The first-order chi connectivity index (χ1) is 8.53. The number of benzene rings is 1. The van der Waals surface area contributed by atoms with E-state index in [2.05, 4.69) is 51.1 Å². The number of rotatable bonds is 7. The minimum atomic E-state index is -2.05. The van der Waals surface area contributed by atoms with Gasteiger partial charge in [-0.1, -0.05) is 51.1 Å². The molecule has 0 saturated carbocycles. The third kappa shape index (κ3) is 4.23. The van der Waals surface area contributed by atoms with E-state index in [1.54, 1.807) is 14.2 Å². The predicted molar refractivity (Wildman–Crippen MR) is 79.1 cm³/mol. The van der Waals surface area contributed by atoms with E-state index in [0.29, 0.717) is 11.8 Å². The van der Waals surface area contributed by atoms with Crippen LogP contribution in [0.25, 0.3) is 0 Å². The van der Waals surface area contributed by atoms with Crippen molar-refractivity contribution in [3.05, 3.63) is 35.9 Å². The van der Waals surface area contributed by atoms with E-state index in [1.165, 1.54) is 5.56 Å². The Balaban J connectivity index is 2.77. The molecule has 0 saturated heterocycles. The minimum absolute atomic E-state index is 0.483. The van der Waals surface area contributed by atoms with Crippen molar-refractivity contribution >= 4 is 8.56 Å². The van der Waals surface area contributed by atoms with E-state index in [-0.39, 0.29) is 0 Å². The Bertz CT molecular complexity index is 334. The summed E-state index contributed by atoms with van der Waals surface area (Å²) in [5.74, 6) is 1.09. The number of hydrogen-bond donors (Lipinski definition) is 0. The Hall–Kier alpha value is -0.643. The van der Waals surface area contributed by atoms with Crippen LogP contribution in [0.5, 0.6) is 0 Å². The van der Waals surface area contributed by atoms with Crippen LogP contribution in [0.4, 0.5) is 0 Å². The maximum Gasteiger partial charge on any atom is 0.338 e. The normalized spacial score (nSPS) is 13.9. The Labute approximate surface area is 113 Å². The smallest absolute Gasteiger partial charge is 0.338 e. The van der Waals surface area contributed by atoms with Crippen molar-refractivity contribution in [2.24, 2.45) is 5.92 Å². The molecule has 102 valence electrons. The molecule has 1 aromatic carbocycles. The largest absolute Gasteiger partial charge is 0.398 e. The second kappa shape index (κ2) is 7.07. The summed E-state index contributed by atoms with van der Waals surface area (Å²) in [7, 11) is 1.55. The summed E-state index contributed by atoms with van der Waals surface area (Å²) in [6.07, 6.45) is 0. The highest BCUT2D eigenvalue weighted by Crippen LogP contribution is 2.31. The highest BCUT2D eigenvalue weighted by atomic mass is 28.4. The zero-order chi connectivity index (χ0) is 13.6. The third-order valence-electron chi connectivity index (χ3n) is 3.45. The molecule has 1 aromatic rings. The minimum Gasteiger partial charge on any atom is -0.398 e. The fourth-order valence-corrected chi connectivity index (χ4v) is 5.90. The van der Waals surface area contributed by atoms with Crippen molar-refractivity contribution in [2.75, 3.05) is 14.2 Å². The van der Waals surface area contributed by atoms with Crippen molar-refractivity contribution in [1.82, 2.24) is 0 Å². The van der Waals surface area contributed by atoms with Gasteiger partial charge in [0.05, 0.1) is 0 Å². The second-order valence-corrected chi connectivity index (χ2v) is 8.89. The molecule has 0 aliphatic carbocycles. The molecular weight excluding hydrogens is 240 g/mol. The third-order valence-corrected chi connectivity index (χ3v) is 7.61. The molecule has 0 aliphatic rings. The highest BCUT2D eigenvalue weighted by molar-refractivity contribution is 6.67. The SMILES string of the molecule is CO[Si](CC(C)C)(CC(C)c1ccccc1)OC. The van der Waals surface area contributed by atoms with Gasteiger partial charge in [0.15, 0.2) is 0 Å². The van der Waals surface area contributed by atoms with Gasteiger partial charge in [0, 0.05) is 14.2 Å². The molecule has 0 bridgehead atoms. The van der Waals surface area contributed by atoms with E-state index in [4.69, 9.17) is 8.85 Å². The lowest BCUT2D eigenvalue weighted by molar-refractivity contribution is 0.233. The van der Waals surface area contributed by atoms with Gasteiger partial charge < -0.3 is 8.85 Å². The van der Waals surface area contributed by atoms with Gasteiger partial charge in [0.2, 0.25) is 0 Å². The Morgan fingerprint density at radius 2 is 1.50 bits per heavy atom. The average Bonchev–Trinajstić information content (AvgIpc) is 2.38. The molecule has 0 heterocycles. The van der Waals surface area contributed by atoms with Crippen LogP contribution in [0, 0.1) is 5.92 Å². The summed E-state index contributed by atoms with van der Waals surface area (Å²) in [6.45, 7) is 6.72. The van der Waals surface area contributed by atoms with Crippen molar-refractivity contribution in [3.8, 4) is 0 Å². The fraction of sp³-hybridized carbons (Fsp3) is 0.600. The van der Waals surface area contributed by atoms with E-state index in [0.717, 1.165) is 12.1 Å². The van der Waals surface area contributed by atoms with Gasteiger partial charge in [-0.15, -0.1) is 0 Å². The monoisotopic (exact) mass is 266 g/mol. The Kier molecular flexibility index (Phi) is 6.06. The molecule has 1 rings (SSSR count). The molecule has 0 aromatic heterocycles. The van der Waals surface area contributed by atoms with Crippen molar-refractivity contribution in [3.63, 3.8) is 0 Å². The molecule has 1 atom stereocenters. The van der Waals surface area contributed by atoms with Crippen molar-refractivity contribution < 1.29 is 8.85 Å². The molecular formula is C15H26O2Si. The topological polar surface area (TPSA) is 18.5 Å². The lowest BCUT2D eigenvalue weighted by atomic mass is 10.0. The van der Waals surface area contributed by atoms with Crippen LogP contribution in [0.3, 0.4) is 0 Å². The molecule has 1 unspecified atom stereocenters. The van der Waals surface area contributed by atoms with Crippen molar-refractivity contribution in [1.29, 1.82) is 0 Å². The Morgan fingerprint density at radius 1 is 0.944 bits per heavy atom. The van der Waals surface area contributed by atoms with Gasteiger partial charge in [-0.2, -0.15) is 0 Å². The molecule has 0 N–H and O–H groups in total. The van der Waals surface area contributed by atoms with E-state index in [1.807, 2.05) is 0 Å². The standard InChI is InChI=1S/C15H26O2Si/c1-13(2)11-18(16-4,17-5)12-14(3)15-9-7-6-8-10-15/h6-10,13-14H,11-12H2,1-5H3. The fourth-order valence-electron chi connectivity index (χ4n) is 2.49. The first-order valence-electron chi connectivity index (χ1n) is 6.68. The van der Waals surface area contributed by atoms with E-state index in [9.17, 15) is 0 Å². The number of hydrogen-bond acceptors (Lipinski definition) is 2. The van der Waals surface area contributed by atoms with Gasteiger partial charge in [-0.05, 0) is 29.5 Å². The maximum absolute atomic E-state index is 5.81. The summed E-state index contributed by atoms with van der Waals surface area (Å²) >= 11 is 0. The van der Waals surface area contributed by atoms with Gasteiger partial charge in [0.1, 0.15) is 0 Å². The molecule has 3 heteroatoms. The van der Waals surface area contributed by atoms with E-state index < -0.39 is 8.56 Å². The summed E-state index contributed by atoms with van der Waals surface area (Å²) < 4.78 is 11.6. The summed E-state index contributed by atoms with van der Waals surface area (Å²) in [5.41, 5.74) is 1.37. The first-order valence-corrected chi connectivity index (χ1v) is 8.91. The van der Waals surface area contributed by atoms with Crippen LogP contribution >= 0.6 is 0 Å². The van der Waals surface area contributed by atoms with Crippen LogP contribution in [0.1, 0.15) is 32.3 Å².